The van der Waals surface area contributed by atoms with E-state index >= 15 is 0 Å². The molecule has 0 saturated carbocycles. The summed E-state index contributed by atoms with van der Waals surface area (Å²) in [6, 6.07) is 5.27. The Morgan fingerprint density at radius 3 is 2.53 bits per heavy atom. The van der Waals surface area contributed by atoms with Crippen molar-refractivity contribution in [2.75, 3.05) is 11.5 Å². The third kappa shape index (κ3) is 5.55. The molecule has 0 aliphatic rings. The Balaban J connectivity index is 2.69. The largest absolute Gasteiger partial charge is 0.399 e. The second-order valence-corrected chi connectivity index (χ2v) is 7.29. The average molecular weight is 320 g/mol. The van der Waals surface area contributed by atoms with Crippen molar-refractivity contribution < 1.29 is 8.42 Å². The first kappa shape index (κ1) is 14.5. The minimum absolute atomic E-state index is 0.0698. The maximum absolute atomic E-state index is 11.8. The van der Waals surface area contributed by atoms with Gasteiger partial charge in [0.2, 0.25) is 0 Å². The van der Waals surface area contributed by atoms with E-state index in [1.165, 1.54) is 0 Å². The molecule has 2 N–H and O–H groups in total. The average Bonchev–Trinajstić information content (AvgIpc) is 2.14. The highest BCUT2D eigenvalue weighted by Gasteiger charge is 2.12. The molecule has 1 rings (SSSR count). The molecule has 96 valence electrons. The Kier molecular flexibility index (Phi) is 5.46. The molecule has 1 aromatic rings. The molecule has 5 heteroatoms. The lowest BCUT2D eigenvalue weighted by molar-refractivity contribution is 0.590. The number of rotatable bonds is 6. The van der Waals surface area contributed by atoms with E-state index in [2.05, 4.69) is 22.9 Å². The summed E-state index contributed by atoms with van der Waals surface area (Å²) in [5.74, 6) is 0.327. The van der Waals surface area contributed by atoms with Crippen molar-refractivity contribution in [2.24, 2.45) is 0 Å². The lowest BCUT2D eigenvalue weighted by Crippen LogP contribution is -2.09. The van der Waals surface area contributed by atoms with Gasteiger partial charge in [0.15, 0.2) is 9.84 Å². The number of hydrogen-bond acceptors (Lipinski definition) is 3. The Labute approximate surface area is 111 Å². The van der Waals surface area contributed by atoms with Crippen LogP contribution in [0.4, 0.5) is 5.69 Å². The van der Waals surface area contributed by atoms with E-state index in [-0.39, 0.29) is 11.5 Å². The van der Waals surface area contributed by atoms with E-state index in [1.54, 1.807) is 18.2 Å². The van der Waals surface area contributed by atoms with Crippen LogP contribution in [0.15, 0.2) is 22.7 Å². The quantitative estimate of drug-likeness (QED) is 0.647. The molecule has 0 aliphatic carbocycles. The van der Waals surface area contributed by atoms with Crippen molar-refractivity contribution in [2.45, 2.75) is 31.9 Å². The topological polar surface area (TPSA) is 60.2 Å². The molecule has 0 atom stereocenters. The van der Waals surface area contributed by atoms with Crippen molar-refractivity contribution in [3.63, 3.8) is 0 Å². The predicted molar refractivity (Wildman–Crippen MR) is 75.6 cm³/mol. The van der Waals surface area contributed by atoms with Gasteiger partial charge in [0, 0.05) is 10.2 Å². The first-order chi connectivity index (χ1) is 7.93. The molecule has 0 aliphatic heterocycles. The molecule has 3 nitrogen and oxygen atoms in total. The van der Waals surface area contributed by atoms with Gasteiger partial charge in [-0.15, -0.1) is 0 Å². The number of unbranched alkanes of at least 4 members (excludes halogenated alkanes) is 2. The molecule has 0 unspecified atom stereocenters. The van der Waals surface area contributed by atoms with Crippen molar-refractivity contribution in [1.29, 1.82) is 0 Å². The van der Waals surface area contributed by atoms with E-state index in [0.29, 0.717) is 5.69 Å². The van der Waals surface area contributed by atoms with Crippen LogP contribution in [-0.4, -0.2) is 14.2 Å². The van der Waals surface area contributed by atoms with Crippen LogP contribution >= 0.6 is 15.9 Å². The van der Waals surface area contributed by atoms with Gasteiger partial charge in [0.25, 0.3) is 0 Å². The van der Waals surface area contributed by atoms with Crippen LogP contribution in [-0.2, 0) is 15.6 Å². The first-order valence-corrected chi connectivity index (χ1v) is 8.30. The number of nitrogen functional groups attached to an aromatic ring is 1. The van der Waals surface area contributed by atoms with Gasteiger partial charge in [-0.2, -0.15) is 0 Å². The maximum atomic E-state index is 11.8. The highest BCUT2D eigenvalue weighted by molar-refractivity contribution is 9.10. The van der Waals surface area contributed by atoms with Crippen LogP contribution in [0.25, 0.3) is 0 Å². The zero-order chi connectivity index (χ0) is 12.9. The van der Waals surface area contributed by atoms with E-state index in [0.717, 1.165) is 29.3 Å². The van der Waals surface area contributed by atoms with E-state index < -0.39 is 9.84 Å². The van der Waals surface area contributed by atoms with Gasteiger partial charge < -0.3 is 5.73 Å². The summed E-state index contributed by atoms with van der Waals surface area (Å²) in [4.78, 5) is 0. The minimum atomic E-state index is -3.02. The zero-order valence-corrected chi connectivity index (χ0v) is 12.4. The highest BCUT2D eigenvalue weighted by atomic mass is 79.9. The fourth-order valence-corrected chi connectivity index (χ4v) is 3.68. The molecule has 0 saturated heterocycles. The fourth-order valence-electron chi connectivity index (χ4n) is 1.66. The lowest BCUT2D eigenvalue weighted by Gasteiger charge is -2.06. The Bertz CT molecular complexity index is 451. The van der Waals surface area contributed by atoms with Crippen molar-refractivity contribution in [3.8, 4) is 0 Å². The fraction of sp³-hybridized carbons (Fsp3) is 0.500. The number of nitrogens with two attached hydrogens (primary N) is 1. The summed E-state index contributed by atoms with van der Waals surface area (Å²) >= 11 is 3.31. The monoisotopic (exact) mass is 319 g/mol. The van der Waals surface area contributed by atoms with E-state index in [4.69, 9.17) is 5.73 Å². The molecule has 0 heterocycles. The molecular formula is C12H18BrNO2S. The standard InChI is InChI=1S/C12H18BrNO2S/c1-2-3-4-5-17(15,16)9-10-6-11(13)8-12(14)7-10/h6-8H,2-5,9,14H2,1H3. The van der Waals surface area contributed by atoms with Crippen molar-refractivity contribution in [3.05, 3.63) is 28.2 Å². The maximum Gasteiger partial charge on any atom is 0.154 e. The molecule has 0 bridgehead atoms. The number of hydrogen-bond donors (Lipinski definition) is 1. The third-order valence-corrected chi connectivity index (χ3v) is 4.57. The second-order valence-electron chi connectivity index (χ2n) is 4.19. The van der Waals surface area contributed by atoms with Gasteiger partial charge in [-0.25, -0.2) is 8.42 Å². The molecule has 0 amide bonds. The van der Waals surface area contributed by atoms with Crippen LogP contribution in [0, 0.1) is 0 Å². The summed E-state index contributed by atoms with van der Waals surface area (Å²) in [7, 11) is -3.02. The Morgan fingerprint density at radius 1 is 1.24 bits per heavy atom. The van der Waals surface area contributed by atoms with E-state index in [1.807, 2.05) is 0 Å². The smallest absolute Gasteiger partial charge is 0.154 e. The van der Waals surface area contributed by atoms with E-state index in [9.17, 15) is 8.42 Å². The molecule has 0 spiro atoms. The SMILES string of the molecule is CCCCCS(=O)(=O)Cc1cc(N)cc(Br)c1. The Hall–Kier alpha value is -0.550. The van der Waals surface area contributed by atoms with Gasteiger partial charge in [-0.3, -0.25) is 0 Å². The van der Waals surface area contributed by atoms with Crippen LogP contribution < -0.4 is 5.73 Å². The minimum Gasteiger partial charge on any atom is -0.399 e. The van der Waals surface area contributed by atoms with Crippen molar-refractivity contribution in [1.82, 2.24) is 0 Å². The molecular weight excluding hydrogens is 302 g/mol. The van der Waals surface area contributed by atoms with Gasteiger partial charge in [-0.1, -0.05) is 35.7 Å². The summed E-state index contributed by atoms with van der Waals surface area (Å²) in [6.07, 6.45) is 2.72. The van der Waals surface area contributed by atoms with Crippen molar-refractivity contribution >= 4 is 31.5 Å². The first-order valence-electron chi connectivity index (χ1n) is 5.68. The highest BCUT2D eigenvalue weighted by Crippen LogP contribution is 2.19. The molecule has 1 aromatic carbocycles. The molecule has 17 heavy (non-hydrogen) atoms. The normalized spacial score (nSPS) is 11.6. The summed E-state index contributed by atoms with van der Waals surface area (Å²) in [5, 5.41) is 0. The summed E-state index contributed by atoms with van der Waals surface area (Å²) in [5.41, 5.74) is 7.00. The number of sulfone groups is 1. The Morgan fingerprint density at radius 2 is 1.94 bits per heavy atom. The van der Waals surface area contributed by atoms with Gasteiger partial charge in [0.05, 0.1) is 11.5 Å². The zero-order valence-electron chi connectivity index (χ0n) is 9.95. The number of benzene rings is 1. The molecule has 0 aromatic heterocycles. The van der Waals surface area contributed by atoms with Gasteiger partial charge >= 0.3 is 0 Å². The molecule has 0 fully saturated rings. The van der Waals surface area contributed by atoms with Gasteiger partial charge in [-0.05, 0) is 30.2 Å². The lowest BCUT2D eigenvalue weighted by atomic mass is 10.2. The van der Waals surface area contributed by atoms with Crippen LogP contribution in [0.5, 0.6) is 0 Å². The van der Waals surface area contributed by atoms with Crippen LogP contribution in [0.2, 0.25) is 0 Å². The summed E-state index contributed by atoms with van der Waals surface area (Å²) in [6.45, 7) is 2.06. The number of halogens is 1. The molecule has 0 radical (unpaired) electrons. The third-order valence-electron chi connectivity index (χ3n) is 2.43. The number of anilines is 1. The summed E-state index contributed by atoms with van der Waals surface area (Å²) < 4.78 is 24.5. The van der Waals surface area contributed by atoms with Gasteiger partial charge in [0.1, 0.15) is 0 Å². The predicted octanol–water partition coefficient (Wildman–Crippen LogP) is 3.14. The van der Waals surface area contributed by atoms with Crippen LogP contribution in [0.1, 0.15) is 31.7 Å². The second kappa shape index (κ2) is 6.40. The van der Waals surface area contributed by atoms with Crippen LogP contribution in [0.3, 0.4) is 0 Å².